The summed E-state index contributed by atoms with van der Waals surface area (Å²) >= 11 is 0. The lowest BCUT2D eigenvalue weighted by atomic mass is 10.1. The Morgan fingerprint density at radius 1 is 1.14 bits per heavy atom. The van der Waals surface area contributed by atoms with Crippen molar-refractivity contribution in [2.24, 2.45) is 0 Å². The van der Waals surface area contributed by atoms with Crippen molar-refractivity contribution in [3.05, 3.63) is 48.2 Å². The lowest BCUT2D eigenvalue weighted by Gasteiger charge is -2.15. The Hall–Kier alpha value is -3.22. The van der Waals surface area contributed by atoms with Gasteiger partial charge in [0.1, 0.15) is 6.04 Å². The zero-order valence-electron chi connectivity index (χ0n) is 16.6. The zero-order chi connectivity index (χ0) is 20.3. The molecule has 2 aromatic heterocycles. The van der Waals surface area contributed by atoms with E-state index in [0.717, 1.165) is 5.56 Å². The van der Waals surface area contributed by atoms with Crippen molar-refractivity contribution >= 4 is 22.8 Å². The van der Waals surface area contributed by atoms with Gasteiger partial charge in [0.05, 0.1) is 22.8 Å². The maximum Gasteiger partial charge on any atom is 0.252 e. The number of nitrogens with one attached hydrogen (secondary N) is 2. The standard InChI is InChI=1S/C21H25N5O2/c1-5-22-20(27)14(4)24-21(28)16-11-18(15-9-7-6-8-10-15)25-19-17(16)12-23-26(19)13(2)3/h6-14H,5H2,1-4H3,(H,22,27)(H,24,28). The van der Waals surface area contributed by atoms with Crippen molar-refractivity contribution in [2.75, 3.05) is 6.54 Å². The van der Waals surface area contributed by atoms with Crippen LogP contribution in [0.1, 0.15) is 44.1 Å². The molecule has 0 saturated carbocycles. The lowest BCUT2D eigenvalue weighted by molar-refractivity contribution is -0.122. The molecule has 28 heavy (non-hydrogen) atoms. The Morgan fingerprint density at radius 2 is 1.86 bits per heavy atom. The fourth-order valence-electron chi connectivity index (χ4n) is 3.01. The number of hydrogen-bond acceptors (Lipinski definition) is 4. The third kappa shape index (κ3) is 3.88. The van der Waals surface area contributed by atoms with Gasteiger partial charge in [0.2, 0.25) is 5.91 Å². The van der Waals surface area contributed by atoms with E-state index in [1.165, 1.54) is 0 Å². The molecule has 1 atom stereocenters. The molecule has 1 unspecified atom stereocenters. The van der Waals surface area contributed by atoms with Gasteiger partial charge in [-0.15, -0.1) is 0 Å². The van der Waals surface area contributed by atoms with E-state index in [2.05, 4.69) is 15.7 Å². The van der Waals surface area contributed by atoms with Crippen LogP contribution in [-0.4, -0.2) is 39.2 Å². The largest absolute Gasteiger partial charge is 0.355 e. The Labute approximate surface area is 164 Å². The molecule has 146 valence electrons. The van der Waals surface area contributed by atoms with Crippen molar-refractivity contribution < 1.29 is 9.59 Å². The normalized spacial score (nSPS) is 12.2. The van der Waals surface area contributed by atoms with Crippen LogP contribution in [-0.2, 0) is 4.79 Å². The molecular weight excluding hydrogens is 354 g/mol. The van der Waals surface area contributed by atoms with Gasteiger partial charge in [0.25, 0.3) is 5.91 Å². The second-order valence-corrected chi connectivity index (χ2v) is 6.93. The van der Waals surface area contributed by atoms with Crippen molar-refractivity contribution in [1.29, 1.82) is 0 Å². The quantitative estimate of drug-likeness (QED) is 0.689. The first-order valence-corrected chi connectivity index (χ1v) is 9.44. The molecule has 0 bridgehead atoms. The number of benzene rings is 1. The molecular formula is C21H25N5O2. The Balaban J connectivity index is 2.07. The summed E-state index contributed by atoms with van der Waals surface area (Å²) in [6.45, 7) is 8.04. The molecule has 7 nitrogen and oxygen atoms in total. The summed E-state index contributed by atoms with van der Waals surface area (Å²) in [6.07, 6.45) is 1.66. The molecule has 2 amide bonds. The van der Waals surface area contributed by atoms with E-state index >= 15 is 0 Å². The van der Waals surface area contributed by atoms with Crippen LogP contribution in [0.15, 0.2) is 42.6 Å². The number of carbonyl (C=O) groups is 2. The molecule has 3 aromatic rings. The summed E-state index contributed by atoms with van der Waals surface area (Å²) in [7, 11) is 0. The summed E-state index contributed by atoms with van der Waals surface area (Å²) in [5.41, 5.74) is 2.69. The summed E-state index contributed by atoms with van der Waals surface area (Å²) in [5.74, 6) is -0.547. The lowest BCUT2D eigenvalue weighted by Crippen LogP contribution is -2.44. The van der Waals surface area contributed by atoms with E-state index in [-0.39, 0.29) is 17.9 Å². The Kier molecular flexibility index (Phi) is 5.73. The predicted molar refractivity (Wildman–Crippen MR) is 109 cm³/mol. The van der Waals surface area contributed by atoms with Gasteiger partial charge in [-0.3, -0.25) is 9.59 Å². The van der Waals surface area contributed by atoms with Gasteiger partial charge >= 0.3 is 0 Å². The second-order valence-electron chi connectivity index (χ2n) is 6.93. The molecule has 0 spiro atoms. The zero-order valence-corrected chi connectivity index (χ0v) is 16.6. The maximum absolute atomic E-state index is 13.0. The first kappa shape index (κ1) is 19.5. The van der Waals surface area contributed by atoms with Crippen LogP contribution < -0.4 is 10.6 Å². The number of aromatic nitrogens is 3. The minimum absolute atomic E-state index is 0.0983. The number of hydrogen-bond donors (Lipinski definition) is 2. The third-order valence-corrected chi connectivity index (χ3v) is 4.46. The first-order chi connectivity index (χ1) is 13.4. The number of likely N-dealkylation sites (N-methyl/N-ethyl adjacent to an activating group) is 1. The van der Waals surface area contributed by atoms with E-state index in [9.17, 15) is 9.59 Å². The van der Waals surface area contributed by atoms with E-state index in [4.69, 9.17) is 4.98 Å². The van der Waals surface area contributed by atoms with Crippen molar-refractivity contribution in [1.82, 2.24) is 25.4 Å². The summed E-state index contributed by atoms with van der Waals surface area (Å²) in [4.78, 5) is 29.7. The molecule has 0 aliphatic heterocycles. The van der Waals surface area contributed by atoms with Crippen molar-refractivity contribution in [2.45, 2.75) is 39.8 Å². The van der Waals surface area contributed by atoms with Crippen LogP contribution in [0.2, 0.25) is 0 Å². The number of pyridine rings is 1. The van der Waals surface area contributed by atoms with Crippen LogP contribution >= 0.6 is 0 Å². The van der Waals surface area contributed by atoms with Gasteiger partial charge in [0.15, 0.2) is 5.65 Å². The minimum Gasteiger partial charge on any atom is -0.355 e. The smallest absolute Gasteiger partial charge is 0.252 e. The number of rotatable bonds is 6. The van der Waals surface area contributed by atoms with Crippen molar-refractivity contribution in [3.63, 3.8) is 0 Å². The molecule has 0 saturated heterocycles. The third-order valence-electron chi connectivity index (χ3n) is 4.46. The van der Waals surface area contributed by atoms with Crippen LogP contribution in [0.5, 0.6) is 0 Å². The summed E-state index contributed by atoms with van der Waals surface area (Å²) < 4.78 is 1.80. The number of carbonyl (C=O) groups excluding carboxylic acids is 2. The van der Waals surface area contributed by atoms with E-state index in [1.54, 1.807) is 23.9 Å². The molecule has 7 heteroatoms. The van der Waals surface area contributed by atoms with E-state index < -0.39 is 6.04 Å². The highest BCUT2D eigenvalue weighted by Crippen LogP contribution is 2.26. The highest BCUT2D eigenvalue weighted by Gasteiger charge is 2.21. The topological polar surface area (TPSA) is 88.9 Å². The van der Waals surface area contributed by atoms with Gasteiger partial charge in [-0.2, -0.15) is 5.10 Å². The molecule has 3 rings (SSSR count). The van der Waals surface area contributed by atoms with Gasteiger partial charge in [-0.25, -0.2) is 9.67 Å². The second kappa shape index (κ2) is 8.21. The SMILES string of the molecule is CCNC(=O)C(C)NC(=O)c1cc(-c2ccccc2)nc2c1cnn2C(C)C. The molecule has 0 aliphatic carbocycles. The van der Waals surface area contributed by atoms with Crippen molar-refractivity contribution in [3.8, 4) is 11.3 Å². The number of nitrogens with zero attached hydrogens (tertiary/aromatic N) is 3. The molecule has 2 N–H and O–H groups in total. The minimum atomic E-state index is -0.643. The Bertz CT molecular complexity index is 995. The van der Waals surface area contributed by atoms with Gasteiger partial charge in [0, 0.05) is 18.2 Å². The Morgan fingerprint density at radius 3 is 2.50 bits per heavy atom. The average Bonchev–Trinajstić information content (AvgIpc) is 3.12. The molecule has 1 aromatic carbocycles. The number of amides is 2. The summed E-state index contributed by atoms with van der Waals surface area (Å²) in [5, 5.41) is 10.6. The maximum atomic E-state index is 13.0. The molecule has 0 fully saturated rings. The predicted octanol–water partition coefficient (Wildman–Crippen LogP) is 2.93. The monoisotopic (exact) mass is 379 g/mol. The fraction of sp³-hybridized carbons (Fsp3) is 0.333. The fourth-order valence-corrected chi connectivity index (χ4v) is 3.01. The highest BCUT2D eigenvalue weighted by molar-refractivity contribution is 6.07. The van der Waals surface area contributed by atoms with Gasteiger partial charge in [-0.05, 0) is 33.8 Å². The van der Waals surface area contributed by atoms with Crippen LogP contribution in [0.4, 0.5) is 0 Å². The highest BCUT2D eigenvalue weighted by atomic mass is 16.2. The van der Waals surface area contributed by atoms with Crippen LogP contribution in [0, 0.1) is 0 Å². The van der Waals surface area contributed by atoms with Gasteiger partial charge in [-0.1, -0.05) is 30.3 Å². The first-order valence-electron chi connectivity index (χ1n) is 9.44. The molecule has 0 radical (unpaired) electrons. The summed E-state index contributed by atoms with van der Waals surface area (Å²) in [6, 6.07) is 10.9. The van der Waals surface area contributed by atoms with Crippen LogP contribution in [0.25, 0.3) is 22.3 Å². The molecule has 2 heterocycles. The number of fused-ring (bicyclic) bond motifs is 1. The van der Waals surface area contributed by atoms with Crippen LogP contribution in [0.3, 0.4) is 0 Å². The average molecular weight is 379 g/mol. The van der Waals surface area contributed by atoms with Gasteiger partial charge < -0.3 is 10.6 Å². The van der Waals surface area contributed by atoms with E-state index in [1.807, 2.05) is 51.1 Å². The molecule has 0 aliphatic rings. The van der Waals surface area contributed by atoms with E-state index in [0.29, 0.717) is 28.8 Å².